The molecule has 0 unspecified atom stereocenters. The molecule has 4 heterocycles. The molecule has 5 aliphatic rings. The highest BCUT2D eigenvalue weighted by Gasteiger charge is 2.69. The minimum absolute atomic E-state index is 0.0430. The van der Waals surface area contributed by atoms with Gasteiger partial charge in [-0.3, -0.25) is 4.79 Å². The lowest BCUT2D eigenvalue weighted by molar-refractivity contribution is -0.576. The maximum Gasteiger partial charge on any atom is 0.307 e. The van der Waals surface area contributed by atoms with E-state index in [1.165, 1.54) is 0 Å². The number of ether oxygens (including phenoxy) is 3. The van der Waals surface area contributed by atoms with Crippen LogP contribution in [0.2, 0.25) is 0 Å². The second kappa shape index (κ2) is 5.66. The summed E-state index contributed by atoms with van der Waals surface area (Å²) in [5.41, 5.74) is -0.595. The van der Waals surface area contributed by atoms with Crippen molar-refractivity contribution in [1.29, 1.82) is 0 Å². The van der Waals surface area contributed by atoms with Crippen LogP contribution in [0.15, 0.2) is 0 Å². The van der Waals surface area contributed by atoms with Crippen LogP contribution in [0.5, 0.6) is 0 Å². The summed E-state index contributed by atoms with van der Waals surface area (Å²) in [6.45, 7) is 8.05. The van der Waals surface area contributed by atoms with Crippen LogP contribution in [-0.4, -0.2) is 29.9 Å². The van der Waals surface area contributed by atoms with Gasteiger partial charge in [0.15, 0.2) is 11.9 Å². The van der Waals surface area contributed by atoms with Gasteiger partial charge >= 0.3 is 5.97 Å². The zero-order valence-corrected chi connectivity index (χ0v) is 14.9. The Kier molecular flexibility index (Phi) is 3.95. The van der Waals surface area contributed by atoms with Gasteiger partial charge in [-0.1, -0.05) is 20.8 Å². The van der Waals surface area contributed by atoms with E-state index in [9.17, 15) is 4.79 Å². The molecule has 6 nitrogen and oxygen atoms in total. The normalized spacial score (nSPS) is 53.2. The Morgan fingerprint density at radius 2 is 1.96 bits per heavy atom. The van der Waals surface area contributed by atoms with Gasteiger partial charge in [-0.05, 0) is 38.0 Å². The second-order valence-electron chi connectivity index (χ2n) is 8.12. The van der Waals surface area contributed by atoms with E-state index < -0.39 is 24.0 Å². The van der Waals surface area contributed by atoms with Gasteiger partial charge in [0.25, 0.3) is 0 Å². The van der Waals surface area contributed by atoms with Crippen molar-refractivity contribution < 1.29 is 28.8 Å². The lowest BCUT2D eigenvalue weighted by Gasteiger charge is -2.59. The van der Waals surface area contributed by atoms with Crippen LogP contribution in [0.3, 0.4) is 0 Å². The van der Waals surface area contributed by atoms with E-state index in [0.717, 1.165) is 25.7 Å². The third kappa shape index (κ3) is 2.26. The molecule has 2 bridgehead atoms. The summed E-state index contributed by atoms with van der Waals surface area (Å²) in [6.07, 6.45) is 3.13. The van der Waals surface area contributed by atoms with Crippen molar-refractivity contribution >= 4 is 5.97 Å². The molecule has 1 spiro atoms. The first-order valence-corrected chi connectivity index (χ1v) is 9.29. The fourth-order valence-corrected chi connectivity index (χ4v) is 5.22. The molecule has 4 aliphatic heterocycles. The fraction of sp³-hybridized carbons (Fsp3) is 0.944. The molecule has 136 valence electrons. The van der Waals surface area contributed by atoms with Crippen LogP contribution in [0, 0.1) is 23.7 Å². The first-order valence-electron chi connectivity index (χ1n) is 9.29. The van der Waals surface area contributed by atoms with Crippen LogP contribution in [0.1, 0.15) is 59.8 Å². The molecular weight excluding hydrogens is 312 g/mol. The molecule has 1 saturated carbocycles. The Morgan fingerprint density at radius 1 is 1.17 bits per heavy atom. The molecule has 6 heteroatoms. The van der Waals surface area contributed by atoms with Crippen molar-refractivity contribution in [3.8, 4) is 0 Å². The lowest BCUT2D eigenvalue weighted by atomic mass is 9.58. The molecule has 4 saturated heterocycles. The topological polar surface area (TPSA) is 63.2 Å². The molecule has 0 amide bonds. The lowest BCUT2D eigenvalue weighted by Crippen LogP contribution is -2.70. The summed E-state index contributed by atoms with van der Waals surface area (Å²) in [6, 6.07) is 0. The molecule has 24 heavy (non-hydrogen) atoms. The van der Waals surface area contributed by atoms with Crippen LogP contribution >= 0.6 is 0 Å². The number of hydrogen-bond acceptors (Lipinski definition) is 6. The van der Waals surface area contributed by atoms with Gasteiger partial charge in [0, 0.05) is 24.7 Å². The number of carbonyl (C=O) groups is 1. The molecule has 1 aliphatic carbocycles. The van der Waals surface area contributed by atoms with Gasteiger partial charge in [0.2, 0.25) is 12.1 Å². The van der Waals surface area contributed by atoms with Crippen LogP contribution in [0.25, 0.3) is 0 Å². The molecule has 0 N–H and O–H groups in total. The Balaban J connectivity index is 1.71. The third-order valence-electron chi connectivity index (χ3n) is 6.63. The Bertz CT molecular complexity index is 524. The molecule has 0 aromatic rings. The van der Waals surface area contributed by atoms with Crippen molar-refractivity contribution in [2.45, 2.75) is 83.8 Å². The summed E-state index contributed by atoms with van der Waals surface area (Å²) >= 11 is 0. The van der Waals surface area contributed by atoms with E-state index in [4.69, 9.17) is 24.0 Å². The number of carbonyl (C=O) groups excluding carboxylic acids is 1. The summed E-state index contributed by atoms with van der Waals surface area (Å²) in [4.78, 5) is 23.6. The average Bonchev–Trinajstić information content (AvgIpc) is 2.78. The minimum Gasteiger partial charge on any atom is -0.435 e. The molecule has 5 fully saturated rings. The maximum absolute atomic E-state index is 11.8. The third-order valence-corrected chi connectivity index (χ3v) is 6.63. The standard InChI is InChI=1S/C18H28O6/c1-5-14(19)20-15-11(3)13-7-6-10(2)12-8-9-17(4)22-16(21-15)18(12,13)24-23-17/h10-13,15-16H,5-9H2,1-4H3/t10-,11-,12+,13+,15-,16-,17+,18-/m1/s1. The van der Waals surface area contributed by atoms with Gasteiger partial charge in [0.1, 0.15) is 0 Å². The van der Waals surface area contributed by atoms with Crippen molar-refractivity contribution in [2.24, 2.45) is 23.7 Å². The van der Waals surface area contributed by atoms with Gasteiger partial charge in [-0.2, -0.15) is 0 Å². The van der Waals surface area contributed by atoms with Gasteiger partial charge < -0.3 is 14.2 Å². The first-order chi connectivity index (χ1) is 11.4. The highest BCUT2D eigenvalue weighted by atomic mass is 17.3. The van der Waals surface area contributed by atoms with Gasteiger partial charge in [0.05, 0.1) is 0 Å². The van der Waals surface area contributed by atoms with Crippen molar-refractivity contribution in [2.75, 3.05) is 0 Å². The van der Waals surface area contributed by atoms with Crippen LogP contribution < -0.4 is 0 Å². The molecule has 0 aromatic heterocycles. The highest BCUT2D eigenvalue weighted by molar-refractivity contribution is 5.69. The molecule has 0 radical (unpaired) electrons. The molecule has 8 atom stereocenters. The van der Waals surface area contributed by atoms with E-state index >= 15 is 0 Å². The number of rotatable bonds is 2. The Labute approximate surface area is 143 Å². The predicted octanol–water partition coefficient (Wildman–Crippen LogP) is 3.15. The first kappa shape index (κ1) is 16.8. The van der Waals surface area contributed by atoms with Crippen LogP contribution in [0.4, 0.5) is 0 Å². The number of hydrogen-bond donors (Lipinski definition) is 0. The SMILES string of the molecule is CCC(=O)O[C@@H]1O[C@@H]2O[C@]3(C)CC[C@H]4[C@H](C)CC[C@@H]([C@H]1C)[C@@]24OO3. The molecular formula is C18H28O6. The monoisotopic (exact) mass is 340 g/mol. The number of fused-ring (bicyclic) bond motifs is 2. The quantitative estimate of drug-likeness (QED) is 0.568. The number of esters is 1. The van der Waals surface area contributed by atoms with E-state index in [0.29, 0.717) is 18.3 Å². The zero-order chi connectivity index (χ0) is 17.1. The average molecular weight is 340 g/mol. The summed E-state index contributed by atoms with van der Waals surface area (Å²) in [5, 5.41) is 0. The molecule has 5 rings (SSSR count). The van der Waals surface area contributed by atoms with Crippen molar-refractivity contribution in [3.63, 3.8) is 0 Å². The van der Waals surface area contributed by atoms with E-state index in [-0.39, 0.29) is 17.8 Å². The predicted molar refractivity (Wildman–Crippen MR) is 83.2 cm³/mol. The Morgan fingerprint density at radius 3 is 2.71 bits per heavy atom. The zero-order valence-electron chi connectivity index (χ0n) is 14.9. The maximum atomic E-state index is 11.8. The van der Waals surface area contributed by atoms with Gasteiger partial charge in [-0.15, -0.1) is 0 Å². The largest absolute Gasteiger partial charge is 0.435 e. The smallest absolute Gasteiger partial charge is 0.307 e. The second-order valence-corrected chi connectivity index (χ2v) is 8.12. The van der Waals surface area contributed by atoms with Crippen molar-refractivity contribution in [1.82, 2.24) is 0 Å². The fourth-order valence-electron chi connectivity index (χ4n) is 5.22. The molecule has 0 aromatic carbocycles. The van der Waals surface area contributed by atoms with E-state index in [2.05, 4.69) is 13.8 Å². The van der Waals surface area contributed by atoms with E-state index in [1.54, 1.807) is 6.92 Å². The minimum atomic E-state index is -0.794. The Hall–Kier alpha value is -0.690. The summed E-state index contributed by atoms with van der Waals surface area (Å²) in [7, 11) is 0. The van der Waals surface area contributed by atoms with Crippen LogP contribution in [-0.2, 0) is 28.8 Å². The van der Waals surface area contributed by atoms with Gasteiger partial charge in [-0.25, -0.2) is 9.78 Å². The summed E-state index contributed by atoms with van der Waals surface area (Å²) < 4.78 is 17.9. The summed E-state index contributed by atoms with van der Waals surface area (Å²) in [5.74, 6) is 0.0527. The van der Waals surface area contributed by atoms with E-state index in [1.807, 2.05) is 6.92 Å². The highest BCUT2D eigenvalue weighted by Crippen LogP contribution is 2.60. The van der Waals surface area contributed by atoms with Crippen molar-refractivity contribution in [3.05, 3.63) is 0 Å².